The van der Waals surface area contributed by atoms with Crippen LogP contribution in [0.1, 0.15) is 24.0 Å². The first-order valence-electron chi connectivity index (χ1n) is 7.40. The number of benzene rings is 2. The molecule has 1 atom stereocenters. The predicted molar refractivity (Wildman–Crippen MR) is 88.3 cm³/mol. The van der Waals surface area contributed by atoms with E-state index >= 15 is 0 Å². The number of hydrogen-bond donors (Lipinski definition) is 1. The normalized spacial score (nSPS) is 11.7. The lowest BCUT2D eigenvalue weighted by molar-refractivity contribution is -0.143. The van der Waals surface area contributed by atoms with Gasteiger partial charge in [-0.1, -0.05) is 36.4 Å². The van der Waals surface area contributed by atoms with E-state index in [4.69, 9.17) is 19.9 Å². The van der Waals surface area contributed by atoms with Crippen molar-refractivity contribution in [1.82, 2.24) is 0 Å². The van der Waals surface area contributed by atoms with Crippen molar-refractivity contribution in [3.63, 3.8) is 0 Å². The number of esters is 1. The summed E-state index contributed by atoms with van der Waals surface area (Å²) in [6, 6.07) is 14.7. The van der Waals surface area contributed by atoms with Crippen LogP contribution in [0, 0.1) is 0 Å². The number of hydrogen-bond acceptors (Lipinski definition) is 5. The minimum absolute atomic E-state index is 0.0702. The predicted octanol–water partition coefficient (Wildman–Crippen LogP) is 2.95. The van der Waals surface area contributed by atoms with Crippen LogP contribution in [0.4, 0.5) is 5.69 Å². The molecule has 1 unspecified atom stereocenters. The van der Waals surface area contributed by atoms with E-state index in [2.05, 4.69) is 0 Å². The van der Waals surface area contributed by atoms with E-state index in [1.54, 1.807) is 25.1 Å². The molecule has 5 heteroatoms. The molecular weight excluding hydrogens is 294 g/mol. The second kappa shape index (κ2) is 8.19. The Kier molecular flexibility index (Phi) is 6.00. The summed E-state index contributed by atoms with van der Waals surface area (Å²) < 4.78 is 15.8. The number of ether oxygens (including phenoxy) is 3. The van der Waals surface area contributed by atoms with E-state index in [1.165, 1.54) is 7.11 Å². The molecule has 0 saturated heterocycles. The molecular formula is C18H21NO4. The van der Waals surface area contributed by atoms with Gasteiger partial charge in [-0.2, -0.15) is 0 Å². The molecule has 0 radical (unpaired) electrons. The molecule has 0 amide bonds. The molecule has 0 aromatic heterocycles. The van der Waals surface area contributed by atoms with Crippen molar-refractivity contribution in [2.75, 3.05) is 26.2 Å². The summed E-state index contributed by atoms with van der Waals surface area (Å²) in [4.78, 5) is 12.5. The number of rotatable bonds is 7. The highest BCUT2D eigenvalue weighted by Crippen LogP contribution is 2.34. The molecule has 0 aliphatic rings. The van der Waals surface area contributed by atoms with Crippen LogP contribution in [0.3, 0.4) is 0 Å². The van der Waals surface area contributed by atoms with E-state index in [0.717, 1.165) is 5.56 Å². The van der Waals surface area contributed by atoms with Gasteiger partial charge in [0.15, 0.2) is 6.79 Å². The van der Waals surface area contributed by atoms with E-state index in [-0.39, 0.29) is 12.8 Å². The van der Waals surface area contributed by atoms with E-state index < -0.39 is 5.92 Å². The van der Waals surface area contributed by atoms with Gasteiger partial charge >= 0.3 is 5.97 Å². The maximum absolute atomic E-state index is 12.5. The highest BCUT2D eigenvalue weighted by Gasteiger charge is 2.27. The van der Waals surface area contributed by atoms with Crippen LogP contribution < -0.4 is 10.5 Å². The van der Waals surface area contributed by atoms with Gasteiger partial charge in [-0.15, -0.1) is 0 Å². The number of carbonyl (C=O) groups excluding carboxylic acids is 1. The van der Waals surface area contributed by atoms with Gasteiger partial charge in [-0.3, -0.25) is 4.79 Å². The van der Waals surface area contributed by atoms with Gasteiger partial charge < -0.3 is 19.9 Å². The first-order valence-corrected chi connectivity index (χ1v) is 7.40. The Hall–Kier alpha value is -2.53. The smallest absolute Gasteiger partial charge is 0.318 e. The monoisotopic (exact) mass is 315 g/mol. The average Bonchev–Trinajstić information content (AvgIpc) is 2.56. The van der Waals surface area contributed by atoms with E-state index in [1.807, 2.05) is 30.3 Å². The Bertz CT molecular complexity index is 643. The Morgan fingerprint density at radius 2 is 1.91 bits per heavy atom. The lowest BCUT2D eigenvalue weighted by atomic mass is 9.90. The van der Waals surface area contributed by atoms with Crippen LogP contribution in [0.5, 0.6) is 5.75 Å². The minimum Gasteiger partial charge on any atom is -0.467 e. The van der Waals surface area contributed by atoms with Gasteiger partial charge in [0.25, 0.3) is 0 Å². The fourth-order valence-corrected chi connectivity index (χ4v) is 2.35. The molecule has 0 spiro atoms. The molecule has 122 valence electrons. The quantitative estimate of drug-likeness (QED) is 0.483. The largest absolute Gasteiger partial charge is 0.467 e. The Morgan fingerprint density at radius 1 is 1.17 bits per heavy atom. The lowest BCUT2D eigenvalue weighted by Gasteiger charge is -2.20. The Morgan fingerprint density at radius 3 is 2.57 bits per heavy atom. The fraction of sp³-hybridized carbons (Fsp3) is 0.278. The highest BCUT2D eigenvalue weighted by molar-refractivity contribution is 5.83. The zero-order chi connectivity index (χ0) is 16.7. The van der Waals surface area contributed by atoms with Crippen molar-refractivity contribution < 1.29 is 19.0 Å². The van der Waals surface area contributed by atoms with Gasteiger partial charge in [0.1, 0.15) is 11.7 Å². The van der Waals surface area contributed by atoms with Gasteiger partial charge in [-0.25, -0.2) is 0 Å². The summed E-state index contributed by atoms with van der Waals surface area (Å²) in [7, 11) is 1.53. The van der Waals surface area contributed by atoms with Crippen molar-refractivity contribution in [3.8, 4) is 5.75 Å². The SMILES string of the molecule is CCOC(=O)C(c1ccccc1)c1ccc(N)cc1OCOC. The van der Waals surface area contributed by atoms with Crippen molar-refractivity contribution in [2.45, 2.75) is 12.8 Å². The molecule has 0 aliphatic carbocycles. The van der Waals surface area contributed by atoms with Crippen LogP contribution >= 0.6 is 0 Å². The maximum atomic E-state index is 12.5. The molecule has 0 fully saturated rings. The number of anilines is 1. The molecule has 0 heterocycles. The van der Waals surface area contributed by atoms with Crippen LogP contribution in [0.2, 0.25) is 0 Å². The topological polar surface area (TPSA) is 70.8 Å². The second-order valence-corrected chi connectivity index (χ2v) is 4.94. The zero-order valence-electron chi connectivity index (χ0n) is 13.3. The minimum atomic E-state index is -0.580. The average molecular weight is 315 g/mol. The first kappa shape index (κ1) is 16.8. The third-order valence-electron chi connectivity index (χ3n) is 3.34. The van der Waals surface area contributed by atoms with Gasteiger partial charge in [0.2, 0.25) is 0 Å². The van der Waals surface area contributed by atoms with Crippen molar-refractivity contribution in [2.24, 2.45) is 0 Å². The zero-order valence-corrected chi connectivity index (χ0v) is 13.3. The molecule has 23 heavy (non-hydrogen) atoms. The summed E-state index contributed by atoms with van der Waals surface area (Å²) >= 11 is 0. The van der Waals surface area contributed by atoms with Crippen LogP contribution in [-0.2, 0) is 14.3 Å². The molecule has 0 aliphatic heterocycles. The molecule has 0 bridgehead atoms. The number of nitrogens with two attached hydrogens (primary N) is 1. The highest BCUT2D eigenvalue weighted by atomic mass is 16.7. The maximum Gasteiger partial charge on any atom is 0.318 e. The molecule has 2 aromatic carbocycles. The summed E-state index contributed by atoms with van der Waals surface area (Å²) in [6.07, 6.45) is 0. The molecule has 2 aromatic rings. The van der Waals surface area contributed by atoms with Crippen LogP contribution in [0.15, 0.2) is 48.5 Å². The first-order chi connectivity index (χ1) is 11.2. The Balaban J connectivity index is 2.48. The number of carbonyl (C=O) groups is 1. The van der Waals surface area contributed by atoms with E-state index in [0.29, 0.717) is 23.6 Å². The number of methoxy groups -OCH3 is 1. The van der Waals surface area contributed by atoms with Crippen molar-refractivity contribution in [3.05, 3.63) is 59.7 Å². The molecule has 5 nitrogen and oxygen atoms in total. The third-order valence-corrected chi connectivity index (χ3v) is 3.34. The molecule has 2 N–H and O–H groups in total. The molecule has 2 rings (SSSR count). The molecule has 0 saturated carbocycles. The van der Waals surface area contributed by atoms with E-state index in [9.17, 15) is 4.79 Å². The second-order valence-electron chi connectivity index (χ2n) is 4.94. The summed E-state index contributed by atoms with van der Waals surface area (Å²) in [6.45, 7) is 2.16. The van der Waals surface area contributed by atoms with Gasteiger partial charge in [0, 0.05) is 24.4 Å². The lowest BCUT2D eigenvalue weighted by Crippen LogP contribution is -2.18. The van der Waals surface area contributed by atoms with Gasteiger partial charge in [0.05, 0.1) is 6.61 Å². The van der Waals surface area contributed by atoms with Crippen LogP contribution in [-0.4, -0.2) is 26.5 Å². The number of nitrogen functional groups attached to an aromatic ring is 1. The van der Waals surface area contributed by atoms with Crippen molar-refractivity contribution >= 4 is 11.7 Å². The third kappa shape index (κ3) is 4.23. The van der Waals surface area contributed by atoms with Gasteiger partial charge in [-0.05, 0) is 18.6 Å². The summed E-state index contributed by atoms with van der Waals surface area (Å²) in [5.41, 5.74) is 7.91. The van der Waals surface area contributed by atoms with Crippen molar-refractivity contribution in [1.29, 1.82) is 0 Å². The van der Waals surface area contributed by atoms with Crippen LogP contribution in [0.25, 0.3) is 0 Å². The standard InChI is InChI=1S/C18H21NO4/c1-3-22-18(20)17(13-7-5-4-6-8-13)15-10-9-14(19)11-16(15)23-12-21-2/h4-11,17H,3,12,19H2,1-2H3. The summed E-state index contributed by atoms with van der Waals surface area (Å²) in [5.74, 6) is -0.400. The Labute approximate surface area is 136 Å². The summed E-state index contributed by atoms with van der Waals surface area (Å²) in [5, 5.41) is 0. The fourth-order valence-electron chi connectivity index (χ4n) is 2.35.